The third kappa shape index (κ3) is 4.24. The zero-order chi connectivity index (χ0) is 12.8. The van der Waals surface area contributed by atoms with Crippen molar-refractivity contribution in [3.05, 3.63) is 0 Å². The van der Waals surface area contributed by atoms with Crippen LogP contribution in [0.5, 0.6) is 0 Å². The third-order valence-electron chi connectivity index (χ3n) is 5.20. The Hall–Kier alpha value is -0.0800. The summed E-state index contributed by atoms with van der Waals surface area (Å²) in [7, 11) is 4.68. The summed E-state index contributed by atoms with van der Waals surface area (Å²) in [4.78, 5) is 5.25. The summed E-state index contributed by atoms with van der Waals surface area (Å²) in [5, 5.41) is 0. The SMILES string of the molecule is CN(CCN(C)C1CCCCC1)C1CCCCC1. The molecule has 18 heavy (non-hydrogen) atoms. The highest BCUT2D eigenvalue weighted by Crippen LogP contribution is 2.23. The topological polar surface area (TPSA) is 6.48 Å². The van der Waals surface area contributed by atoms with Crippen LogP contribution in [0.4, 0.5) is 0 Å². The second kappa shape index (κ2) is 7.49. The maximum absolute atomic E-state index is 2.62. The molecule has 2 aliphatic rings. The summed E-state index contributed by atoms with van der Waals surface area (Å²) in [5.74, 6) is 0. The maximum atomic E-state index is 2.62. The van der Waals surface area contributed by atoms with Gasteiger partial charge in [0.1, 0.15) is 0 Å². The van der Waals surface area contributed by atoms with E-state index in [9.17, 15) is 0 Å². The van der Waals surface area contributed by atoms with Crippen molar-refractivity contribution in [3.8, 4) is 0 Å². The lowest BCUT2D eigenvalue weighted by Crippen LogP contribution is -2.42. The van der Waals surface area contributed by atoms with Gasteiger partial charge in [-0.05, 0) is 39.8 Å². The van der Waals surface area contributed by atoms with E-state index < -0.39 is 0 Å². The molecule has 0 aromatic carbocycles. The van der Waals surface area contributed by atoms with Gasteiger partial charge in [-0.15, -0.1) is 0 Å². The van der Waals surface area contributed by atoms with Crippen molar-refractivity contribution in [2.45, 2.75) is 76.3 Å². The predicted molar refractivity (Wildman–Crippen MR) is 79.0 cm³/mol. The van der Waals surface area contributed by atoms with E-state index in [1.54, 1.807) is 0 Å². The zero-order valence-corrected chi connectivity index (χ0v) is 12.5. The van der Waals surface area contributed by atoms with Crippen LogP contribution < -0.4 is 0 Å². The quantitative estimate of drug-likeness (QED) is 0.739. The maximum Gasteiger partial charge on any atom is 0.0109 e. The molecule has 0 aromatic rings. The first-order chi connectivity index (χ1) is 8.77. The van der Waals surface area contributed by atoms with Gasteiger partial charge in [0.2, 0.25) is 0 Å². The summed E-state index contributed by atoms with van der Waals surface area (Å²) in [6.45, 7) is 2.52. The van der Waals surface area contributed by atoms with Crippen LogP contribution in [0, 0.1) is 0 Å². The fourth-order valence-electron chi connectivity index (χ4n) is 3.72. The summed E-state index contributed by atoms with van der Waals surface area (Å²) in [6, 6.07) is 1.75. The van der Waals surface area contributed by atoms with Gasteiger partial charge in [-0.25, -0.2) is 0 Å². The van der Waals surface area contributed by atoms with Gasteiger partial charge >= 0.3 is 0 Å². The Morgan fingerprint density at radius 1 is 0.611 bits per heavy atom. The Bertz CT molecular complexity index is 193. The molecule has 2 aliphatic carbocycles. The van der Waals surface area contributed by atoms with Crippen LogP contribution in [0.15, 0.2) is 0 Å². The Morgan fingerprint density at radius 3 is 1.28 bits per heavy atom. The highest BCUT2D eigenvalue weighted by atomic mass is 15.2. The average molecular weight is 252 g/mol. The lowest BCUT2D eigenvalue weighted by Gasteiger charge is -2.35. The number of likely N-dealkylation sites (N-methyl/N-ethyl adjacent to an activating group) is 2. The van der Waals surface area contributed by atoms with E-state index >= 15 is 0 Å². The molecule has 0 bridgehead atoms. The van der Waals surface area contributed by atoms with Crippen LogP contribution >= 0.6 is 0 Å². The van der Waals surface area contributed by atoms with Crippen LogP contribution in [-0.4, -0.2) is 49.1 Å². The number of rotatable bonds is 5. The van der Waals surface area contributed by atoms with Crippen molar-refractivity contribution < 1.29 is 0 Å². The second-order valence-electron chi connectivity index (χ2n) is 6.54. The minimum absolute atomic E-state index is 0.874. The summed E-state index contributed by atoms with van der Waals surface area (Å²) < 4.78 is 0. The van der Waals surface area contributed by atoms with Gasteiger partial charge in [0, 0.05) is 25.2 Å². The smallest absolute Gasteiger partial charge is 0.0109 e. The molecule has 0 saturated heterocycles. The van der Waals surface area contributed by atoms with Gasteiger partial charge in [0.05, 0.1) is 0 Å². The van der Waals surface area contributed by atoms with Crippen molar-refractivity contribution in [3.63, 3.8) is 0 Å². The van der Waals surface area contributed by atoms with Crippen LogP contribution in [0.1, 0.15) is 64.2 Å². The summed E-state index contributed by atoms with van der Waals surface area (Å²) in [6.07, 6.45) is 14.5. The molecule has 0 unspecified atom stereocenters. The zero-order valence-electron chi connectivity index (χ0n) is 12.5. The Balaban J connectivity index is 1.66. The van der Waals surface area contributed by atoms with E-state index in [0.29, 0.717) is 0 Å². The highest BCUT2D eigenvalue weighted by molar-refractivity contribution is 4.77. The van der Waals surface area contributed by atoms with Crippen molar-refractivity contribution in [2.75, 3.05) is 27.2 Å². The van der Waals surface area contributed by atoms with Crippen molar-refractivity contribution >= 4 is 0 Å². The van der Waals surface area contributed by atoms with Crippen LogP contribution in [0.3, 0.4) is 0 Å². The molecule has 0 N–H and O–H groups in total. The second-order valence-corrected chi connectivity index (χ2v) is 6.54. The molecule has 2 nitrogen and oxygen atoms in total. The number of hydrogen-bond donors (Lipinski definition) is 0. The lowest BCUT2D eigenvalue weighted by molar-refractivity contribution is 0.138. The molecular formula is C16H32N2. The molecule has 0 amide bonds. The molecule has 0 spiro atoms. The molecule has 0 aromatic heterocycles. The predicted octanol–water partition coefficient (Wildman–Crippen LogP) is 3.52. The molecule has 2 heteroatoms. The van der Waals surface area contributed by atoms with Crippen LogP contribution in [0.2, 0.25) is 0 Å². The van der Waals surface area contributed by atoms with Gasteiger partial charge in [-0.1, -0.05) is 38.5 Å². The minimum Gasteiger partial charge on any atom is -0.302 e. The van der Waals surface area contributed by atoms with Gasteiger partial charge in [0.25, 0.3) is 0 Å². The fourth-order valence-corrected chi connectivity index (χ4v) is 3.72. The molecule has 2 saturated carbocycles. The molecule has 2 fully saturated rings. The number of nitrogens with zero attached hydrogens (tertiary/aromatic N) is 2. The van der Waals surface area contributed by atoms with Gasteiger partial charge in [-0.2, -0.15) is 0 Å². The Morgan fingerprint density at radius 2 is 0.944 bits per heavy atom. The highest BCUT2D eigenvalue weighted by Gasteiger charge is 2.20. The van der Waals surface area contributed by atoms with Crippen molar-refractivity contribution in [1.82, 2.24) is 9.80 Å². The van der Waals surface area contributed by atoms with Crippen LogP contribution in [0.25, 0.3) is 0 Å². The molecule has 0 heterocycles. The standard InChI is InChI=1S/C16H32N2/c1-17(15-9-5-3-6-10-15)13-14-18(2)16-11-7-4-8-12-16/h15-16H,3-14H2,1-2H3. The molecule has 106 valence electrons. The van der Waals surface area contributed by atoms with Crippen LogP contribution in [-0.2, 0) is 0 Å². The first kappa shape index (κ1) is 14.3. The van der Waals surface area contributed by atoms with E-state index in [1.807, 2.05) is 0 Å². The van der Waals surface area contributed by atoms with Gasteiger partial charge < -0.3 is 9.80 Å². The van der Waals surface area contributed by atoms with E-state index in [4.69, 9.17) is 0 Å². The van der Waals surface area contributed by atoms with E-state index in [2.05, 4.69) is 23.9 Å². The molecule has 0 atom stereocenters. The van der Waals surface area contributed by atoms with Crippen molar-refractivity contribution in [2.24, 2.45) is 0 Å². The largest absolute Gasteiger partial charge is 0.302 e. The van der Waals surface area contributed by atoms with E-state index in [0.717, 1.165) is 12.1 Å². The average Bonchev–Trinajstić information content (AvgIpc) is 2.46. The van der Waals surface area contributed by atoms with E-state index in [-0.39, 0.29) is 0 Å². The van der Waals surface area contributed by atoms with E-state index in [1.165, 1.54) is 77.3 Å². The monoisotopic (exact) mass is 252 g/mol. The summed E-state index contributed by atoms with van der Waals surface area (Å²) in [5.41, 5.74) is 0. The fraction of sp³-hybridized carbons (Fsp3) is 1.00. The molecule has 0 aliphatic heterocycles. The lowest BCUT2D eigenvalue weighted by atomic mass is 9.94. The first-order valence-corrected chi connectivity index (χ1v) is 8.18. The van der Waals surface area contributed by atoms with Gasteiger partial charge in [0.15, 0.2) is 0 Å². The third-order valence-corrected chi connectivity index (χ3v) is 5.20. The Kier molecular flexibility index (Phi) is 5.97. The molecule has 2 rings (SSSR count). The first-order valence-electron chi connectivity index (χ1n) is 8.18. The Labute approximate surface area is 114 Å². The molecular weight excluding hydrogens is 220 g/mol. The number of hydrogen-bond acceptors (Lipinski definition) is 2. The minimum atomic E-state index is 0.874. The normalized spacial score (nSPS) is 24.0. The summed E-state index contributed by atoms with van der Waals surface area (Å²) >= 11 is 0. The van der Waals surface area contributed by atoms with Crippen molar-refractivity contribution in [1.29, 1.82) is 0 Å². The van der Waals surface area contributed by atoms with Gasteiger partial charge in [-0.3, -0.25) is 0 Å². The molecule has 0 radical (unpaired) electrons.